The van der Waals surface area contributed by atoms with Crippen LogP contribution in [0.25, 0.3) is 20.9 Å². The summed E-state index contributed by atoms with van der Waals surface area (Å²) >= 11 is 1.42. The number of fused-ring (bicyclic) bond motifs is 1. The van der Waals surface area contributed by atoms with Crippen molar-refractivity contribution in [2.45, 2.75) is 39.2 Å². The fourth-order valence-electron chi connectivity index (χ4n) is 3.64. The van der Waals surface area contributed by atoms with Crippen molar-refractivity contribution in [1.82, 2.24) is 14.8 Å². The van der Waals surface area contributed by atoms with Gasteiger partial charge >= 0.3 is 0 Å². The third-order valence-electron chi connectivity index (χ3n) is 5.62. The number of hydrogen-bond donors (Lipinski definition) is 1. The van der Waals surface area contributed by atoms with Crippen LogP contribution in [-0.4, -0.2) is 27.8 Å². The fraction of sp³-hybridized carbons (Fsp3) is 0.304. The quantitative estimate of drug-likeness (QED) is 0.460. The highest BCUT2D eigenvalue weighted by Crippen LogP contribution is 2.38. The van der Waals surface area contributed by atoms with Crippen LogP contribution in [0.5, 0.6) is 5.75 Å². The Morgan fingerprint density at radius 1 is 1.28 bits per heavy atom. The molecule has 0 bridgehead atoms. The van der Waals surface area contributed by atoms with E-state index in [1.165, 1.54) is 22.3 Å². The normalized spacial score (nSPS) is 11.8. The van der Waals surface area contributed by atoms with Gasteiger partial charge in [-0.2, -0.15) is 5.10 Å². The van der Waals surface area contributed by atoms with Gasteiger partial charge in [0.15, 0.2) is 0 Å². The molecule has 9 heteroatoms. The summed E-state index contributed by atoms with van der Waals surface area (Å²) in [6.07, 6.45) is 4.24. The van der Waals surface area contributed by atoms with E-state index in [0.717, 1.165) is 26.5 Å². The third-order valence-corrected chi connectivity index (χ3v) is 6.95. The second-order valence-corrected chi connectivity index (χ2v) is 9.02. The lowest BCUT2D eigenvalue weighted by Gasteiger charge is -2.23. The van der Waals surface area contributed by atoms with Crippen LogP contribution in [0.2, 0.25) is 0 Å². The van der Waals surface area contributed by atoms with Crippen LogP contribution >= 0.6 is 11.3 Å². The summed E-state index contributed by atoms with van der Waals surface area (Å²) in [5.74, 6) is 0.597. The highest BCUT2D eigenvalue weighted by atomic mass is 32.1. The maximum Gasteiger partial charge on any atom is 0.276 e. The monoisotopic (exact) mass is 452 g/mol. The number of thiophene rings is 1. The summed E-state index contributed by atoms with van der Waals surface area (Å²) < 4.78 is 12.9. The molecule has 4 aromatic rings. The molecule has 0 saturated heterocycles. The molecule has 32 heavy (non-hydrogen) atoms. The van der Waals surface area contributed by atoms with E-state index in [1.807, 2.05) is 31.2 Å². The molecule has 0 atom stereocenters. The Morgan fingerprint density at radius 3 is 2.69 bits per heavy atom. The number of hydrogen-bond acceptors (Lipinski definition) is 7. The van der Waals surface area contributed by atoms with Crippen LogP contribution in [0.1, 0.15) is 30.7 Å². The molecular formula is C23H24N4O4S. The van der Waals surface area contributed by atoms with Gasteiger partial charge in [-0.1, -0.05) is 18.2 Å². The lowest BCUT2D eigenvalue weighted by atomic mass is 10.0. The van der Waals surface area contributed by atoms with Crippen LogP contribution < -0.4 is 16.0 Å². The molecule has 0 unspecified atom stereocenters. The Kier molecular flexibility index (Phi) is 5.60. The first kappa shape index (κ1) is 21.8. The minimum Gasteiger partial charge on any atom is -0.496 e. The molecule has 2 N–H and O–H groups in total. The Morgan fingerprint density at radius 2 is 2.03 bits per heavy atom. The summed E-state index contributed by atoms with van der Waals surface area (Å²) in [5, 5.41) is 5.12. The number of nitrogens with two attached hydrogens (primary N) is 1. The molecular weight excluding hydrogens is 428 g/mol. The minimum atomic E-state index is -1.29. The van der Waals surface area contributed by atoms with Crippen LogP contribution in [0.15, 0.2) is 45.9 Å². The molecule has 0 aliphatic carbocycles. The lowest BCUT2D eigenvalue weighted by molar-refractivity contribution is -0.125. The summed E-state index contributed by atoms with van der Waals surface area (Å²) in [7, 11) is 1.64. The van der Waals surface area contributed by atoms with Crippen molar-refractivity contribution in [1.29, 1.82) is 0 Å². The van der Waals surface area contributed by atoms with E-state index < -0.39 is 11.4 Å². The largest absolute Gasteiger partial charge is 0.496 e. The zero-order valence-corrected chi connectivity index (χ0v) is 19.2. The fourth-order valence-corrected chi connectivity index (χ4v) is 4.89. The van der Waals surface area contributed by atoms with Gasteiger partial charge in [0.2, 0.25) is 11.8 Å². The van der Waals surface area contributed by atoms with Gasteiger partial charge in [0.25, 0.3) is 5.56 Å². The molecule has 0 aliphatic rings. The Labute approximate surface area is 188 Å². The molecule has 166 valence electrons. The number of oxazole rings is 1. The number of amides is 1. The molecule has 0 aliphatic heterocycles. The minimum absolute atomic E-state index is 0.364. The van der Waals surface area contributed by atoms with Crippen LogP contribution in [0.4, 0.5) is 0 Å². The number of benzene rings is 1. The number of primary amides is 1. The molecule has 3 heterocycles. The molecule has 1 amide bonds. The summed E-state index contributed by atoms with van der Waals surface area (Å²) in [5.41, 5.74) is 6.43. The molecule has 4 rings (SSSR count). The first-order valence-electron chi connectivity index (χ1n) is 10.1. The van der Waals surface area contributed by atoms with Gasteiger partial charge in [-0.25, -0.2) is 9.67 Å². The highest BCUT2D eigenvalue weighted by Gasteiger charge is 2.32. The second kappa shape index (κ2) is 8.23. The standard InChI is InChI=1S/C23H24N4O4S/c1-13-17-19(32-18(13)20-25-11-12-31-20)15(10-9-14-7-5-6-8-16(14)30-4)26-27(21(17)28)23(2,3)22(24)29/h5-8,11-12H,9-10H2,1-4H3,(H2,24,29). The van der Waals surface area contributed by atoms with Gasteiger partial charge in [-0.15, -0.1) is 11.3 Å². The highest BCUT2D eigenvalue weighted by molar-refractivity contribution is 7.22. The van der Waals surface area contributed by atoms with E-state index in [4.69, 9.17) is 14.9 Å². The maximum absolute atomic E-state index is 13.4. The van der Waals surface area contributed by atoms with E-state index in [1.54, 1.807) is 27.2 Å². The number of ether oxygens (including phenoxy) is 1. The van der Waals surface area contributed by atoms with E-state index in [-0.39, 0.29) is 5.56 Å². The molecule has 0 saturated carbocycles. The number of nitrogens with zero attached hydrogens (tertiary/aromatic N) is 3. The van der Waals surface area contributed by atoms with Crippen molar-refractivity contribution in [3.63, 3.8) is 0 Å². The molecule has 0 fully saturated rings. The zero-order valence-electron chi connectivity index (χ0n) is 18.3. The average Bonchev–Trinajstić information content (AvgIpc) is 3.41. The SMILES string of the molecule is COc1ccccc1CCc1nn(C(C)(C)C(N)=O)c(=O)c2c(C)c(-c3ncco3)sc12. The van der Waals surface area contributed by atoms with Crippen LogP contribution in [-0.2, 0) is 23.2 Å². The number of rotatable bonds is 7. The van der Waals surface area contributed by atoms with Gasteiger partial charge < -0.3 is 14.9 Å². The Balaban J connectivity index is 1.92. The van der Waals surface area contributed by atoms with Gasteiger partial charge in [0, 0.05) is 0 Å². The van der Waals surface area contributed by atoms with Gasteiger partial charge in [0.05, 0.1) is 34.0 Å². The van der Waals surface area contributed by atoms with E-state index in [2.05, 4.69) is 10.1 Å². The van der Waals surface area contributed by atoms with Crippen LogP contribution in [0, 0.1) is 6.92 Å². The van der Waals surface area contributed by atoms with E-state index >= 15 is 0 Å². The van der Waals surface area contributed by atoms with Crippen LogP contribution in [0.3, 0.4) is 0 Å². The second-order valence-electron chi connectivity index (χ2n) is 8.00. The van der Waals surface area contributed by atoms with Crippen molar-refractivity contribution in [3.8, 4) is 16.5 Å². The van der Waals surface area contributed by atoms with Crippen molar-refractivity contribution in [2.24, 2.45) is 5.73 Å². The number of para-hydroxylation sites is 1. The van der Waals surface area contributed by atoms with E-state index in [9.17, 15) is 9.59 Å². The van der Waals surface area contributed by atoms with Crippen molar-refractivity contribution in [2.75, 3.05) is 7.11 Å². The number of carbonyl (C=O) groups excluding carboxylic acids is 1. The van der Waals surface area contributed by atoms with E-state index in [0.29, 0.717) is 29.8 Å². The molecule has 8 nitrogen and oxygen atoms in total. The number of aryl methyl sites for hydroxylation is 3. The summed E-state index contributed by atoms with van der Waals surface area (Å²) in [6, 6.07) is 7.77. The molecule has 1 aromatic carbocycles. The number of carbonyl (C=O) groups is 1. The first-order chi connectivity index (χ1) is 15.3. The number of aromatic nitrogens is 3. The average molecular weight is 453 g/mol. The van der Waals surface area contributed by atoms with Crippen molar-refractivity contribution < 1.29 is 13.9 Å². The van der Waals surface area contributed by atoms with Gasteiger partial charge in [0.1, 0.15) is 17.6 Å². The zero-order chi connectivity index (χ0) is 23.0. The molecule has 3 aromatic heterocycles. The summed E-state index contributed by atoms with van der Waals surface area (Å²) in [6.45, 7) is 5.04. The maximum atomic E-state index is 13.4. The summed E-state index contributed by atoms with van der Waals surface area (Å²) in [4.78, 5) is 30.6. The predicted molar refractivity (Wildman–Crippen MR) is 123 cm³/mol. The number of methoxy groups -OCH3 is 1. The van der Waals surface area contributed by atoms with Gasteiger partial charge in [-0.05, 0) is 50.8 Å². The van der Waals surface area contributed by atoms with Gasteiger partial charge in [-0.3, -0.25) is 9.59 Å². The molecule has 0 radical (unpaired) electrons. The predicted octanol–water partition coefficient (Wildman–Crippen LogP) is 3.44. The molecule has 0 spiro atoms. The first-order valence-corrected chi connectivity index (χ1v) is 10.9. The topological polar surface area (TPSA) is 113 Å². The smallest absolute Gasteiger partial charge is 0.276 e. The van der Waals surface area contributed by atoms with Crippen molar-refractivity contribution >= 4 is 27.3 Å². The lowest BCUT2D eigenvalue weighted by Crippen LogP contribution is -2.48. The Bertz CT molecular complexity index is 1350. The van der Waals surface area contributed by atoms with Crippen molar-refractivity contribution in [3.05, 3.63) is 63.9 Å². The Hall–Kier alpha value is -3.46. The third kappa shape index (κ3) is 3.58.